The molecular formula is C23H41NO. The largest absolute Gasteiger partial charge is 0.494 e. The van der Waals surface area contributed by atoms with Gasteiger partial charge >= 0.3 is 0 Å². The molecule has 1 aromatic carbocycles. The van der Waals surface area contributed by atoms with Crippen LogP contribution in [0.4, 0.5) is 0 Å². The number of benzene rings is 1. The highest BCUT2D eigenvalue weighted by atomic mass is 16.5. The molecule has 1 rings (SSSR count). The van der Waals surface area contributed by atoms with Gasteiger partial charge in [-0.05, 0) is 31.5 Å². The van der Waals surface area contributed by atoms with Crippen LogP contribution in [0.2, 0.25) is 0 Å². The third kappa shape index (κ3) is 15.0. The predicted octanol–water partition coefficient (Wildman–Crippen LogP) is 6.88. The minimum atomic E-state index is 0.857. The molecule has 0 radical (unpaired) electrons. The normalized spacial score (nSPS) is 10.9. The van der Waals surface area contributed by atoms with Gasteiger partial charge in [-0.15, -0.1) is 0 Å². The van der Waals surface area contributed by atoms with Crippen molar-refractivity contribution < 1.29 is 4.74 Å². The summed E-state index contributed by atoms with van der Waals surface area (Å²) < 4.78 is 5.72. The summed E-state index contributed by atoms with van der Waals surface area (Å²) in [5.41, 5.74) is 5.51. The number of rotatable bonds is 18. The van der Waals surface area contributed by atoms with Crippen molar-refractivity contribution in [3.05, 3.63) is 30.3 Å². The predicted molar refractivity (Wildman–Crippen MR) is 110 cm³/mol. The van der Waals surface area contributed by atoms with Crippen molar-refractivity contribution in [2.24, 2.45) is 5.73 Å². The molecular weight excluding hydrogens is 306 g/mol. The van der Waals surface area contributed by atoms with Gasteiger partial charge in [0.2, 0.25) is 0 Å². The number of ether oxygens (including phenoxy) is 1. The molecule has 25 heavy (non-hydrogen) atoms. The van der Waals surface area contributed by atoms with E-state index in [9.17, 15) is 0 Å². The Hall–Kier alpha value is -1.02. The molecule has 0 aliphatic rings. The molecule has 0 saturated carbocycles. The first kappa shape index (κ1) is 22.0. The lowest BCUT2D eigenvalue weighted by Gasteiger charge is -2.06. The van der Waals surface area contributed by atoms with Gasteiger partial charge in [0.15, 0.2) is 0 Å². The first-order valence-corrected chi connectivity index (χ1v) is 10.8. The Labute approximate surface area is 156 Å². The van der Waals surface area contributed by atoms with E-state index in [0.29, 0.717) is 0 Å². The summed E-state index contributed by atoms with van der Waals surface area (Å²) in [7, 11) is 0. The number of para-hydroxylation sites is 1. The van der Waals surface area contributed by atoms with Gasteiger partial charge in [0, 0.05) is 0 Å². The van der Waals surface area contributed by atoms with Crippen molar-refractivity contribution in [3.8, 4) is 5.75 Å². The summed E-state index contributed by atoms with van der Waals surface area (Å²) >= 11 is 0. The zero-order valence-corrected chi connectivity index (χ0v) is 16.4. The minimum absolute atomic E-state index is 0.857. The topological polar surface area (TPSA) is 35.2 Å². The quantitative estimate of drug-likeness (QED) is 0.294. The molecule has 2 nitrogen and oxygen atoms in total. The van der Waals surface area contributed by atoms with E-state index in [-0.39, 0.29) is 0 Å². The smallest absolute Gasteiger partial charge is 0.119 e. The molecule has 0 aromatic heterocycles. The minimum Gasteiger partial charge on any atom is -0.494 e. The first-order valence-electron chi connectivity index (χ1n) is 10.8. The van der Waals surface area contributed by atoms with Crippen molar-refractivity contribution in [1.82, 2.24) is 0 Å². The maximum atomic E-state index is 5.72. The number of hydrogen-bond donors (Lipinski definition) is 1. The van der Waals surface area contributed by atoms with Crippen LogP contribution in [0.15, 0.2) is 30.3 Å². The van der Waals surface area contributed by atoms with Gasteiger partial charge in [-0.25, -0.2) is 0 Å². The Morgan fingerprint density at radius 2 is 0.920 bits per heavy atom. The molecule has 0 fully saturated rings. The maximum Gasteiger partial charge on any atom is 0.119 e. The maximum absolute atomic E-state index is 5.72. The Bertz CT molecular complexity index is 366. The fourth-order valence-corrected chi connectivity index (χ4v) is 3.25. The molecule has 0 amide bonds. The number of hydrogen-bond acceptors (Lipinski definition) is 2. The van der Waals surface area contributed by atoms with Crippen molar-refractivity contribution in [3.63, 3.8) is 0 Å². The molecule has 0 atom stereocenters. The number of nitrogens with two attached hydrogens (primary N) is 1. The van der Waals surface area contributed by atoms with Gasteiger partial charge in [-0.1, -0.05) is 102 Å². The van der Waals surface area contributed by atoms with Crippen molar-refractivity contribution in [2.75, 3.05) is 13.2 Å². The van der Waals surface area contributed by atoms with Crippen LogP contribution in [0.3, 0.4) is 0 Å². The van der Waals surface area contributed by atoms with E-state index in [1.54, 1.807) is 0 Å². The summed E-state index contributed by atoms with van der Waals surface area (Å²) in [6, 6.07) is 10.1. The lowest BCUT2D eigenvalue weighted by Crippen LogP contribution is -1.97. The molecule has 2 N–H and O–H groups in total. The zero-order valence-electron chi connectivity index (χ0n) is 16.4. The Balaban J connectivity index is 1.69. The molecule has 0 aliphatic carbocycles. The summed E-state index contributed by atoms with van der Waals surface area (Å²) in [6.07, 6.45) is 20.6. The van der Waals surface area contributed by atoms with Crippen LogP contribution in [0.5, 0.6) is 5.75 Å². The third-order valence-corrected chi connectivity index (χ3v) is 4.86. The molecule has 0 spiro atoms. The highest BCUT2D eigenvalue weighted by Crippen LogP contribution is 2.14. The highest BCUT2D eigenvalue weighted by Gasteiger charge is 1.95. The summed E-state index contributed by atoms with van der Waals surface area (Å²) in [5, 5.41) is 0. The van der Waals surface area contributed by atoms with E-state index < -0.39 is 0 Å². The molecule has 1 aromatic rings. The van der Waals surface area contributed by atoms with Gasteiger partial charge in [0.25, 0.3) is 0 Å². The van der Waals surface area contributed by atoms with Crippen molar-refractivity contribution in [2.45, 2.75) is 96.3 Å². The van der Waals surface area contributed by atoms with E-state index in [0.717, 1.165) is 18.9 Å². The van der Waals surface area contributed by atoms with Gasteiger partial charge < -0.3 is 10.5 Å². The van der Waals surface area contributed by atoms with Crippen LogP contribution < -0.4 is 10.5 Å². The monoisotopic (exact) mass is 347 g/mol. The zero-order chi connectivity index (χ0) is 17.8. The van der Waals surface area contributed by atoms with Crippen LogP contribution in [-0.2, 0) is 0 Å². The molecule has 0 bridgehead atoms. The lowest BCUT2D eigenvalue weighted by atomic mass is 10.0. The Morgan fingerprint density at radius 1 is 0.520 bits per heavy atom. The lowest BCUT2D eigenvalue weighted by molar-refractivity contribution is 0.304. The fourth-order valence-electron chi connectivity index (χ4n) is 3.25. The van der Waals surface area contributed by atoms with Crippen molar-refractivity contribution in [1.29, 1.82) is 0 Å². The van der Waals surface area contributed by atoms with Gasteiger partial charge in [-0.3, -0.25) is 0 Å². The SMILES string of the molecule is NCCCCCCCCCCCCCCCCCOc1ccccc1. The second-order valence-corrected chi connectivity index (χ2v) is 7.25. The van der Waals surface area contributed by atoms with Crippen molar-refractivity contribution >= 4 is 0 Å². The third-order valence-electron chi connectivity index (χ3n) is 4.86. The second kappa shape index (κ2) is 17.8. The van der Waals surface area contributed by atoms with E-state index in [2.05, 4.69) is 0 Å². The van der Waals surface area contributed by atoms with Crippen LogP contribution in [0.25, 0.3) is 0 Å². The first-order chi connectivity index (χ1) is 12.4. The highest BCUT2D eigenvalue weighted by molar-refractivity contribution is 5.20. The molecule has 144 valence electrons. The molecule has 2 heteroatoms. The Kier molecular flexibility index (Phi) is 15.7. The fraction of sp³-hybridized carbons (Fsp3) is 0.739. The summed E-state index contributed by atoms with van der Waals surface area (Å²) in [4.78, 5) is 0. The molecule has 0 unspecified atom stereocenters. The van der Waals surface area contributed by atoms with Crippen LogP contribution in [0.1, 0.15) is 96.3 Å². The van der Waals surface area contributed by atoms with Gasteiger partial charge in [-0.2, -0.15) is 0 Å². The van der Waals surface area contributed by atoms with E-state index >= 15 is 0 Å². The number of unbranched alkanes of at least 4 members (excludes halogenated alkanes) is 14. The second-order valence-electron chi connectivity index (χ2n) is 7.25. The molecule has 0 heterocycles. The summed E-state index contributed by atoms with van der Waals surface area (Å²) in [6.45, 7) is 1.72. The van der Waals surface area contributed by atoms with Crippen LogP contribution in [0, 0.1) is 0 Å². The Morgan fingerprint density at radius 3 is 1.36 bits per heavy atom. The molecule has 0 aliphatic heterocycles. The standard InChI is InChI=1S/C23H41NO/c24-21-17-12-10-8-6-4-2-1-3-5-7-9-11-13-18-22-25-23-19-15-14-16-20-23/h14-16,19-20H,1-13,17-18,21-22,24H2. The van der Waals surface area contributed by atoms with Gasteiger partial charge in [0.1, 0.15) is 5.75 Å². The van der Waals surface area contributed by atoms with E-state index in [1.807, 2.05) is 30.3 Å². The average Bonchev–Trinajstić information content (AvgIpc) is 2.65. The van der Waals surface area contributed by atoms with E-state index in [4.69, 9.17) is 10.5 Å². The average molecular weight is 348 g/mol. The van der Waals surface area contributed by atoms with Gasteiger partial charge in [0.05, 0.1) is 6.61 Å². The van der Waals surface area contributed by atoms with Crippen LogP contribution >= 0.6 is 0 Å². The van der Waals surface area contributed by atoms with E-state index in [1.165, 1.54) is 96.3 Å². The molecule has 0 saturated heterocycles. The summed E-state index contributed by atoms with van der Waals surface area (Å²) in [5.74, 6) is 0.998. The van der Waals surface area contributed by atoms with Crippen LogP contribution in [-0.4, -0.2) is 13.2 Å².